The van der Waals surface area contributed by atoms with E-state index in [4.69, 9.17) is 9.47 Å². The van der Waals surface area contributed by atoms with Crippen LogP contribution in [0.3, 0.4) is 0 Å². The first-order valence-corrected chi connectivity index (χ1v) is 11.5. The SMILES string of the molecule is CCOC(=O)C1=CN(C(=O)Nc2ccccc2Oc2ccccc2)CCc2c1[nH]c1ccccc21. The fraction of sp³-hybridized carbons (Fsp3) is 0.143. The maximum atomic E-state index is 13.3. The highest BCUT2D eigenvalue weighted by molar-refractivity contribution is 6.18. The van der Waals surface area contributed by atoms with Gasteiger partial charge in [0, 0.05) is 23.6 Å². The second kappa shape index (κ2) is 9.77. The first kappa shape index (κ1) is 22.3. The molecule has 0 saturated carbocycles. The van der Waals surface area contributed by atoms with E-state index in [1.54, 1.807) is 25.3 Å². The lowest BCUT2D eigenvalue weighted by Gasteiger charge is -2.20. The number of nitrogens with one attached hydrogen (secondary N) is 2. The van der Waals surface area contributed by atoms with Crippen LogP contribution >= 0.6 is 0 Å². The monoisotopic (exact) mass is 467 g/mol. The number of hydrogen-bond acceptors (Lipinski definition) is 4. The summed E-state index contributed by atoms with van der Waals surface area (Å²) < 4.78 is 11.3. The molecule has 0 atom stereocenters. The molecule has 176 valence electrons. The Hall–Kier alpha value is -4.52. The first-order chi connectivity index (χ1) is 17.1. The number of urea groups is 1. The zero-order chi connectivity index (χ0) is 24.2. The molecule has 0 radical (unpaired) electrons. The number of carbonyl (C=O) groups is 2. The van der Waals surface area contributed by atoms with Crippen LogP contribution in [0, 0.1) is 0 Å². The van der Waals surface area contributed by atoms with Crippen molar-refractivity contribution in [3.8, 4) is 11.5 Å². The number of amides is 2. The summed E-state index contributed by atoms with van der Waals surface area (Å²) in [7, 11) is 0. The van der Waals surface area contributed by atoms with Gasteiger partial charge in [-0.05, 0) is 49.2 Å². The molecule has 1 aromatic heterocycles. The summed E-state index contributed by atoms with van der Waals surface area (Å²) in [5, 5.41) is 3.96. The molecule has 2 N–H and O–H groups in total. The highest BCUT2D eigenvalue weighted by atomic mass is 16.5. The summed E-state index contributed by atoms with van der Waals surface area (Å²) in [6, 6.07) is 24.1. The van der Waals surface area contributed by atoms with Gasteiger partial charge in [0.05, 0.1) is 23.6 Å². The molecule has 1 aliphatic rings. The Morgan fingerprint density at radius 1 is 0.971 bits per heavy atom. The molecule has 2 heterocycles. The Balaban J connectivity index is 1.45. The van der Waals surface area contributed by atoms with Crippen LogP contribution in [0.15, 0.2) is 85.1 Å². The summed E-state index contributed by atoms with van der Waals surface area (Å²) in [6.45, 7) is 2.39. The molecule has 3 aromatic carbocycles. The van der Waals surface area contributed by atoms with Crippen LogP contribution in [0.25, 0.3) is 16.5 Å². The molecule has 0 spiro atoms. The van der Waals surface area contributed by atoms with E-state index < -0.39 is 5.97 Å². The van der Waals surface area contributed by atoms with Gasteiger partial charge in [-0.3, -0.25) is 4.90 Å². The number of aromatic amines is 1. The van der Waals surface area contributed by atoms with Crippen molar-refractivity contribution >= 4 is 34.2 Å². The summed E-state index contributed by atoms with van der Waals surface area (Å²) >= 11 is 0. The van der Waals surface area contributed by atoms with Crippen molar-refractivity contribution in [1.82, 2.24) is 9.88 Å². The van der Waals surface area contributed by atoms with Gasteiger partial charge in [-0.25, -0.2) is 9.59 Å². The molecular weight excluding hydrogens is 442 g/mol. The molecule has 4 aromatic rings. The van der Waals surface area contributed by atoms with Crippen molar-refractivity contribution in [2.24, 2.45) is 0 Å². The minimum absolute atomic E-state index is 0.238. The Labute approximate surface area is 203 Å². The number of H-pyrrole nitrogens is 1. The van der Waals surface area contributed by atoms with Gasteiger partial charge in [0.1, 0.15) is 5.75 Å². The summed E-state index contributed by atoms with van der Waals surface area (Å²) in [6.07, 6.45) is 2.14. The quantitative estimate of drug-likeness (QED) is 0.355. The van der Waals surface area contributed by atoms with E-state index in [-0.39, 0.29) is 12.6 Å². The van der Waals surface area contributed by atoms with Crippen LogP contribution in [0.4, 0.5) is 10.5 Å². The number of esters is 1. The second-order valence-corrected chi connectivity index (χ2v) is 8.07. The maximum Gasteiger partial charge on any atom is 0.341 e. The van der Waals surface area contributed by atoms with Gasteiger partial charge in [0.2, 0.25) is 0 Å². The number of ether oxygens (including phenoxy) is 2. The van der Waals surface area contributed by atoms with Crippen LogP contribution in [0.2, 0.25) is 0 Å². The standard InChI is InChI=1S/C28H25N3O4/c1-2-34-27(32)22-18-31(17-16-21-20-12-6-7-13-23(20)29-26(21)22)28(33)30-24-14-8-9-15-25(24)35-19-10-4-3-5-11-19/h3-15,18,29H,2,16-17H2,1H3,(H,30,33). The molecule has 7 nitrogen and oxygen atoms in total. The first-order valence-electron chi connectivity index (χ1n) is 11.5. The third kappa shape index (κ3) is 4.61. The Morgan fingerprint density at radius 2 is 1.71 bits per heavy atom. The van der Waals surface area contributed by atoms with Crippen LogP contribution in [-0.4, -0.2) is 35.0 Å². The van der Waals surface area contributed by atoms with Gasteiger partial charge in [-0.2, -0.15) is 0 Å². The number of para-hydroxylation sites is 4. The van der Waals surface area contributed by atoms with Crippen molar-refractivity contribution in [3.05, 3.63) is 96.3 Å². The smallest absolute Gasteiger partial charge is 0.341 e. The van der Waals surface area contributed by atoms with Crippen LogP contribution < -0.4 is 10.1 Å². The average Bonchev–Trinajstić information content (AvgIpc) is 3.13. The highest BCUT2D eigenvalue weighted by Crippen LogP contribution is 2.33. The molecule has 0 fully saturated rings. The summed E-state index contributed by atoms with van der Waals surface area (Å²) in [4.78, 5) is 31.1. The van der Waals surface area contributed by atoms with Crippen molar-refractivity contribution in [3.63, 3.8) is 0 Å². The number of rotatable bonds is 5. The van der Waals surface area contributed by atoms with E-state index in [1.165, 1.54) is 4.90 Å². The van der Waals surface area contributed by atoms with Gasteiger partial charge in [-0.1, -0.05) is 48.5 Å². The molecule has 0 bridgehead atoms. The largest absolute Gasteiger partial charge is 0.462 e. The van der Waals surface area contributed by atoms with Crippen molar-refractivity contribution in [2.75, 3.05) is 18.5 Å². The number of anilines is 1. The van der Waals surface area contributed by atoms with Crippen molar-refractivity contribution in [1.29, 1.82) is 0 Å². The number of nitrogens with zero attached hydrogens (tertiary/aromatic N) is 1. The number of aromatic nitrogens is 1. The highest BCUT2D eigenvalue weighted by Gasteiger charge is 2.27. The van der Waals surface area contributed by atoms with Crippen molar-refractivity contribution < 1.29 is 19.1 Å². The fourth-order valence-electron chi connectivity index (χ4n) is 4.19. The third-order valence-electron chi connectivity index (χ3n) is 5.83. The molecule has 5 rings (SSSR count). The van der Waals surface area contributed by atoms with E-state index in [0.29, 0.717) is 41.4 Å². The third-order valence-corrected chi connectivity index (χ3v) is 5.83. The average molecular weight is 468 g/mol. The Morgan fingerprint density at radius 3 is 2.54 bits per heavy atom. The van der Waals surface area contributed by atoms with Gasteiger partial charge < -0.3 is 19.8 Å². The van der Waals surface area contributed by atoms with E-state index in [9.17, 15) is 9.59 Å². The van der Waals surface area contributed by atoms with Crippen LogP contribution in [0.1, 0.15) is 18.2 Å². The number of carbonyl (C=O) groups excluding carboxylic acids is 2. The predicted molar refractivity (Wildman–Crippen MR) is 135 cm³/mol. The van der Waals surface area contributed by atoms with Gasteiger partial charge in [0.25, 0.3) is 0 Å². The number of hydrogen-bond donors (Lipinski definition) is 2. The minimum Gasteiger partial charge on any atom is -0.462 e. The summed E-state index contributed by atoms with van der Waals surface area (Å²) in [5.41, 5.74) is 3.47. The zero-order valence-corrected chi connectivity index (χ0v) is 19.3. The van der Waals surface area contributed by atoms with Gasteiger partial charge in [-0.15, -0.1) is 0 Å². The van der Waals surface area contributed by atoms with E-state index in [2.05, 4.69) is 10.3 Å². The maximum absolute atomic E-state index is 13.3. The van der Waals surface area contributed by atoms with Gasteiger partial charge >= 0.3 is 12.0 Å². The molecule has 0 saturated heterocycles. The number of fused-ring (bicyclic) bond motifs is 3. The molecular formula is C28H25N3O4. The molecule has 0 unspecified atom stereocenters. The van der Waals surface area contributed by atoms with Crippen LogP contribution in [-0.2, 0) is 16.0 Å². The number of benzene rings is 3. The van der Waals surface area contributed by atoms with E-state index in [1.807, 2.05) is 66.7 Å². The van der Waals surface area contributed by atoms with E-state index in [0.717, 1.165) is 16.5 Å². The fourth-order valence-corrected chi connectivity index (χ4v) is 4.19. The molecule has 7 heteroatoms. The van der Waals surface area contributed by atoms with Crippen molar-refractivity contribution in [2.45, 2.75) is 13.3 Å². The Kier molecular flexibility index (Phi) is 6.22. The second-order valence-electron chi connectivity index (χ2n) is 8.07. The molecule has 1 aliphatic heterocycles. The predicted octanol–water partition coefficient (Wildman–Crippen LogP) is 5.95. The molecule has 2 amide bonds. The summed E-state index contributed by atoms with van der Waals surface area (Å²) in [5.74, 6) is 0.708. The van der Waals surface area contributed by atoms with E-state index >= 15 is 0 Å². The van der Waals surface area contributed by atoms with Gasteiger partial charge in [0.15, 0.2) is 5.75 Å². The van der Waals surface area contributed by atoms with Crippen LogP contribution in [0.5, 0.6) is 11.5 Å². The molecule has 35 heavy (non-hydrogen) atoms. The Bertz CT molecular complexity index is 1410. The lowest BCUT2D eigenvalue weighted by Crippen LogP contribution is -2.32. The molecule has 0 aliphatic carbocycles. The minimum atomic E-state index is -0.479. The zero-order valence-electron chi connectivity index (χ0n) is 19.3. The topological polar surface area (TPSA) is 83.7 Å². The normalized spacial score (nSPS) is 12.9. The lowest BCUT2D eigenvalue weighted by molar-refractivity contribution is -0.136. The lowest BCUT2D eigenvalue weighted by atomic mass is 10.0.